The van der Waals surface area contributed by atoms with Crippen LogP contribution in [0.5, 0.6) is 0 Å². The number of nitrogens with one attached hydrogen (secondary N) is 1. The van der Waals surface area contributed by atoms with Gasteiger partial charge in [-0.25, -0.2) is 23.6 Å². The van der Waals surface area contributed by atoms with Crippen LogP contribution in [0, 0.1) is 5.82 Å². The molecule has 1 aliphatic rings. The topological polar surface area (TPSA) is 85.6 Å². The van der Waals surface area contributed by atoms with Crippen molar-refractivity contribution in [3.05, 3.63) is 55.6 Å². The van der Waals surface area contributed by atoms with Crippen molar-refractivity contribution < 1.29 is 27.2 Å². The van der Waals surface area contributed by atoms with Gasteiger partial charge in [-0.3, -0.25) is 14.2 Å². The third-order valence-corrected chi connectivity index (χ3v) is 4.67. The number of halogens is 5. The molecule has 13 heteroatoms. The summed E-state index contributed by atoms with van der Waals surface area (Å²) in [4.78, 5) is 42.1. The molecule has 162 valence electrons. The fourth-order valence-electron chi connectivity index (χ4n) is 2.86. The van der Waals surface area contributed by atoms with Gasteiger partial charge >= 0.3 is 17.9 Å². The van der Waals surface area contributed by atoms with Crippen molar-refractivity contribution in [2.75, 3.05) is 18.5 Å². The van der Waals surface area contributed by atoms with Gasteiger partial charge in [0.05, 0.1) is 29.5 Å². The summed E-state index contributed by atoms with van der Waals surface area (Å²) in [5.41, 5.74) is -5.15. The Bertz CT molecular complexity index is 1110. The summed E-state index contributed by atoms with van der Waals surface area (Å²) >= 11 is 5.93. The van der Waals surface area contributed by atoms with Crippen molar-refractivity contribution in [1.82, 2.24) is 14.2 Å². The molecule has 1 aliphatic heterocycles. The Balaban J connectivity index is 2.06. The van der Waals surface area contributed by atoms with Crippen LogP contribution < -0.4 is 16.6 Å². The summed E-state index contributed by atoms with van der Waals surface area (Å²) in [5.74, 6) is -1.15. The minimum atomic E-state index is -4.96. The predicted molar refractivity (Wildman–Crippen MR) is 98.2 cm³/mol. The van der Waals surface area contributed by atoms with Crippen LogP contribution in [0.4, 0.5) is 28.0 Å². The van der Waals surface area contributed by atoms with Crippen LogP contribution in [0.25, 0.3) is 5.69 Å². The van der Waals surface area contributed by atoms with Gasteiger partial charge in [0.15, 0.2) is 0 Å². The number of anilines is 1. The number of amides is 2. The second kappa shape index (κ2) is 8.11. The highest BCUT2D eigenvalue weighted by molar-refractivity contribution is 6.33. The molecule has 30 heavy (non-hydrogen) atoms. The second-order valence-electron chi connectivity index (χ2n) is 6.40. The number of rotatable bonds is 2. The SMILES string of the molecule is Cn1c(C(F)(F)F)cc(=O)n(-c2cc(NC(=O)N3CCCCO3)c(Cl)cc2F)c1=O. The largest absolute Gasteiger partial charge is 0.431 e. The number of nitrogens with zero attached hydrogens (tertiary/aromatic N) is 3. The Morgan fingerprint density at radius 3 is 2.50 bits per heavy atom. The normalized spacial score (nSPS) is 14.7. The van der Waals surface area contributed by atoms with Gasteiger partial charge in [-0.05, 0) is 25.0 Å². The number of hydrogen-bond acceptors (Lipinski definition) is 4. The number of hydrogen-bond donors (Lipinski definition) is 1. The van der Waals surface area contributed by atoms with Crippen molar-refractivity contribution in [3.8, 4) is 5.69 Å². The maximum absolute atomic E-state index is 14.5. The van der Waals surface area contributed by atoms with Gasteiger partial charge in [0.2, 0.25) is 0 Å². The van der Waals surface area contributed by atoms with Crippen LogP contribution in [0.15, 0.2) is 27.8 Å². The average molecular weight is 451 g/mol. The number of hydroxylamine groups is 2. The van der Waals surface area contributed by atoms with Gasteiger partial charge in [-0.1, -0.05) is 11.6 Å². The van der Waals surface area contributed by atoms with Crippen molar-refractivity contribution in [3.63, 3.8) is 0 Å². The van der Waals surface area contributed by atoms with Crippen LogP contribution >= 0.6 is 11.6 Å². The van der Waals surface area contributed by atoms with Crippen molar-refractivity contribution >= 4 is 23.3 Å². The molecule has 0 saturated carbocycles. The first kappa shape index (κ1) is 21.8. The zero-order chi connectivity index (χ0) is 22.2. The first-order valence-corrected chi connectivity index (χ1v) is 8.99. The first-order chi connectivity index (χ1) is 14.0. The summed E-state index contributed by atoms with van der Waals surface area (Å²) in [6, 6.07) is 1.07. The second-order valence-corrected chi connectivity index (χ2v) is 6.81. The number of aromatic nitrogens is 2. The summed E-state index contributed by atoms with van der Waals surface area (Å²) < 4.78 is 53.9. The first-order valence-electron chi connectivity index (χ1n) is 8.62. The van der Waals surface area contributed by atoms with Crippen molar-refractivity contribution in [2.24, 2.45) is 7.05 Å². The Morgan fingerprint density at radius 1 is 1.20 bits per heavy atom. The van der Waals surface area contributed by atoms with E-state index in [-0.39, 0.29) is 25.9 Å². The van der Waals surface area contributed by atoms with E-state index in [2.05, 4.69) is 5.32 Å². The Morgan fingerprint density at radius 2 is 1.90 bits per heavy atom. The predicted octanol–water partition coefficient (Wildman–Crippen LogP) is 2.91. The molecule has 0 aliphatic carbocycles. The molecule has 1 aromatic heterocycles. The molecule has 2 aromatic rings. The van der Waals surface area contributed by atoms with E-state index in [0.29, 0.717) is 19.6 Å². The van der Waals surface area contributed by atoms with E-state index >= 15 is 0 Å². The number of carbonyl (C=O) groups excluding carboxylic acids is 1. The zero-order valence-electron chi connectivity index (χ0n) is 15.4. The van der Waals surface area contributed by atoms with Gasteiger partial charge < -0.3 is 5.32 Å². The van der Waals surface area contributed by atoms with Gasteiger partial charge in [0, 0.05) is 13.1 Å². The molecular weight excluding hydrogens is 436 g/mol. The molecule has 1 saturated heterocycles. The summed E-state index contributed by atoms with van der Waals surface area (Å²) in [6.07, 6.45) is -3.49. The minimum absolute atomic E-state index is 0.166. The molecule has 0 spiro atoms. The summed E-state index contributed by atoms with van der Waals surface area (Å²) in [5, 5.41) is 3.15. The van der Waals surface area contributed by atoms with Gasteiger partial charge in [-0.2, -0.15) is 13.2 Å². The van der Waals surface area contributed by atoms with E-state index in [4.69, 9.17) is 16.4 Å². The van der Waals surface area contributed by atoms with E-state index in [1.807, 2.05) is 0 Å². The molecule has 2 amide bonds. The summed E-state index contributed by atoms with van der Waals surface area (Å²) in [7, 11) is 0.797. The quantitative estimate of drug-likeness (QED) is 0.713. The molecule has 0 radical (unpaired) electrons. The fraction of sp³-hybridized carbons (Fsp3) is 0.353. The number of alkyl halides is 3. The highest BCUT2D eigenvalue weighted by Crippen LogP contribution is 2.29. The Kier molecular flexibility index (Phi) is 5.90. The van der Waals surface area contributed by atoms with Gasteiger partial charge in [-0.15, -0.1) is 0 Å². The van der Waals surface area contributed by atoms with Crippen LogP contribution in [0.2, 0.25) is 5.02 Å². The highest BCUT2D eigenvalue weighted by Gasteiger charge is 2.35. The minimum Gasteiger partial charge on any atom is -0.305 e. The third kappa shape index (κ3) is 4.19. The van der Waals surface area contributed by atoms with Crippen LogP contribution in [-0.2, 0) is 18.1 Å². The maximum atomic E-state index is 14.5. The number of carbonyl (C=O) groups is 1. The molecule has 0 bridgehead atoms. The van der Waals surface area contributed by atoms with Gasteiger partial charge in [0.25, 0.3) is 5.56 Å². The lowest BCUT2D eigenvalue weighted by molar-refractivity contribution is -0.144. The standard InChI is InChI=1S/C17H15ClF4N4O4/c1-24-13(17(20,21)22)8-14(27)26(16(24)29)12-7-11(9(18)6-10(12)19)23-15(28)25-4-2-3-5-30-25/h6-8H,2-5H2,1H3,(H,23,28). The van der Waals surface area contributed by atoms with E-state index in [0.717, 1.165) is 30.7 Å². The fourth-order valence-corrected chi connectivity index (χ4v) is 3.06. The van der Waals surface area contributed by atoms with Crippen LogP contribution in [-0.4, -0.2) is 33.4 Å². The third-order valence-electron chi connectivity index (χ3n) is 4.36. The molecular formula is C17H15ClF4N4O4. The lowest BCUT2D eigenvalue weighted by atomic mass is 10.2. The lowest BCUT2D eigenvalue weighted by Crippen LogP contribution is -2.41. The molecule has 8 nitrogen and oxygen atoms in total. The van der Waals surface area contributed by atoms with E-state index in [9.17, 15) is 31.9 Å². The molecule has 0 unspecified atom stereocenters. The molecule has 2 heterocycles. The summed E-state index contributed by atoms with van der Waals surface area (Å²) in [6.45, 7) is 0.628. The van der Waals surface area contributed by atoms with Crippen LogP contribution in [0.1, 0.15) is 18.5 Å². The van der Waals surface area contributed by atoms with Crippen LogP contribution in [0.3, 0.4) is 0 Å². The maximum Gasteiger partial charge on any atom is 0.431 e. The zero-order valence-corrected chi connectivity index (χ0v) is 16.2. The number of urea groups is 1. The molecule has 0 atom stereocenters. The van der Waals surface area contributed by atoms with E-state index in [1.54, 1.807) is 0 Å². The van der Waals surface area contributed by atoms with E-state index in [1.165, 1.54) is 0 Å². The molecule has 3 rings (SSSR count). The average Bonchev–Trinajstić information content (AvgIpc) is 2.67. The highest BCUT2D eigenvalue weighted by atomic mass is 35.5. The van der Waals surface area contributed by atoms with E-state index < -0.39 is 40.7 Å². The Labute approximate surface area is 171 Å². The Hall–Kier alpha value is -2.86. The molecule has 1 aromatic carbocycles. The molecule has 1 fully saturated rings. The monoisotopic (exact) mass is 450 g/mol. The lowest BCUT2D eigenvalue weighted by Gasteiger charge is -2.26. The number of benzene rings is 1. The smallest absolute Gasteiger partial charge is 0.305 e. The molecule has 1 N–H and O–H groups in total. The van der Waals surface area contributed by atoms with Crippen molar-refractivity contribution in [2.45, 2.75) is 19.0 Å². The van der Waals surface area contributed by atoms with Crippen molar-refractivity contribution in [1.29, 1.82) is 0 Å². The van der Waals surface area contributed by atoms with Gasteiger partial charge in [0.1, 0.15) is 11.5 Å².